The van der Waals surface area contributed by atoms with Crippen LogP contribution in [-0.2, 0) is 11.3 Å². The van der Waals surface area contributed by atoms with E-state index in [-0.39, 0.29) is 18.4 Å². The normalized spacial score (nSPS) is 23.7. The molecule has 1 heterocycles. The van der Waals surface area contributed by atoms with Crippen LogP contribution in [0.4, 0.5) is 0 Å². The molecule has 5 nitrogen and oxygen atoms in total. The maximum atomic E-state index is 12.3. The Hall–Kier alpha value is -1.36. The van der Waals surface area contributed by atoms with Gasteiger partial charge >= 0.3 is 0 Å². The monoisotopic (exact) mass is 235 g/mol. The average molecular weight is 235 g/mol. The average Bonchev–Trinajstić information content (AvgIpc) is 3.21. The smallest absolute Gasteiger partial charge is 0.226 e. The summed E-state index contributed by atoms with van der Waals surface area (Å²) in [5.74, 6) is 1.18. The first-order chi connectivity index (χ1) is 8.25. The number of H-pyrrole nitrogens is 1. The molecular formula is C12H17N3O2. The third kappa shape index (κ3) is 1.95. The molecule has 1 atom stereocenters. The molecule has 5 heteroatoms. The van der Waals surface area contributed by atoms with E-state index >= 15 is 0 Å². The van der Waals surface area contributed by atoms with Gasteiger partial charge in [-0.25, -0.2) is 4.98 Å². The molecule has 2 N–H and O–H groups in total. The summed E-state index contributed by atoms with van der Waals surface area (Å²) in [5, 5.41) is 9.04. The Bertz CT molecular complexity index is 411. The Kier molecular flexibility index (Phi) is 2.43. The molecular weight excluding hydrogens is 218 g/mol. The second-order valence-electron chi connectivity index (χ2n) is 5.14. The number of carbonyl (C=O) groups is 1. The number of aromatic nitrogens is 2. The largest absolute Gasteiger partial charge is 0.395 e. The third-order valence-electron chi connectivity index (χ3n) is 3.96. The lowest BCUT2D eigenvalue weighted by atomic mass is 10.2. The number of aliphatic hydroxyl groups excluding tert-OH is 1. The Labute approximate surface area is 99.8 Å². The minimum Gasteiger partial charge on any atom is -0.395 e. The zero-order valence-corrected chi connectivity index (χ0v) is 9.72. The fourth-order valence-electron chi connectivity index (χ4n) is 2.58. The predicted octanol–water partition coefficient (Wildman–Crippen LogP) is 0.531. The van der Waals surface area contributed by atoms with Crippen molar-refractivity contribution >= 4 is 5.91 Å². The van der Waals surface area contributed by atoms with Crippen molar-refractivity contribution in [3.05, 3.63) is 18.2 Å². The Balaban J connectivity index is 1.64. The van der Waals surface area contributed by atoms with Gasteiger partial charge in [-0.1, -0.05) is 0 Å². The molecule has 1 unspecified atom stereocenters. The Morgan fingerprint density at radius 1 is 1.65 bits per heavy atom. The van der Waals surface area contributed by atoms with E-state index < -0.39 is 0 Å². The summed E-state index contributed by atoms with van der Waals surface area (Å²) in [6.45, 7) is 0.872. The van der Waals surface area contributed by atoms with Crippen molar-refractivity contribution in [3.63, 3.8) is 0 Å². The highest BCUT2D eigenvalue weighted by Gasteiger charge is 2.66. The van der Waals surface area contributed by atoms with Crippen LogP contribution < -0.4 is 0 Å². The summed E-state index contributed by atoms with van der Waals surface area (Å²) in [4.78, 5) is 21.1. The number of aliphatic hydroxyl groups is 1. The minimum atomic E-state index is 0.00612. The topological polar surface area (TPSA) is 69.2 Å². The van der Waals surface area contributed by atoms with Gasteiger partial charge in [0, 0.05) is 24.9 Å². The number of amides is 1. The predicted molar refractivity (Wildman–Crippen MR) is 60.9 cm³/mol. The molecule has 0 aromatic carbocycles. The molecule has 17 heavy (non-hydrogen) atoms. The van der Waals surface area contributed by atoms with Crippen molar-refractivity contribution in [2.75, 3.05) is 13.2 Å². The zero-order chi connectivity index (χ0) is 11.9. The molecule has 92 valence electrons. The number of aromatic amines is 1. The highest BCUT2D eigenvalue weighted by molar-refractivity contribution is 5.83. The standard InChI is InChI=1S/C12H17N3O2/c16-6-5-15(8-10-13-3-4-14-10)11(17)9-7-12(9)1-2-12/h3-4,9,16H,1-2,5-8H2,(H,13,14). The molecule has 3 rings (SSSR count). The second kappa shape index (κ2) is 3.84. The van der Waals surface area contributed by atoms with Crippen molar-refractivity contribution in [1.29, 1.82) is 0 Å². The number of nitrogens with one attached hydrogen (secondary N) is 1. The van der Waals surface area contributed by atoms with E-state index in [9.17, 15) is 4.79 Å². The summed E-state index contributed by atoms with van der Waals surface area (Å²) in [6.07, 6.45) is 6.88. The van der Waals surface area contributed by atoms with Gasteiger partial charge in [-0.2, -0.15) is 0 Å². The van der Waals surface area contributed by atoms with Crippen molar-refractivity contribution in [3.8, 4) is 0 Å². The van der Waals surface area contributed by atoms with E-state index in [0.717, 1.165) is 12.2 Å². The van der Waals surface area contributed by atoms with Gasteiger partial charge in [-0.3, -0.25) is 4.79 Å². The fourth-order valence-corrected chi connectivity index (χ4v) is 2.58. The number of imidazole rings is 1. The summed E-state index contributed by atoms with van der Waals surface area (Å²) < 4.78 is 0. The summed E-state index contributed by atoms with van der Waals surface area (Å²) in [7, 11) is 0. The maximum Gasteiger partial charge on any atom is 0.226 e. The second-order valence-corrected chi connectivity index (χ2v) is 5.14. The van der Waals surface area contributed by atoms with Crippen LogP contribution >= 0.6 is 0 Å². The number of rotatable bonds is 5. The molecule has 1 amide bonds. The summed E-state index contributed by atoms with van der Waals surface area (Å²) >= 11 is 0. The summed E-state index contributed by atoms with van der Waals surface area (Å²) in [6, 6.07) is 0. The maximum absolute atomic E-state index is 12.3. The van der Waals surface area contributed by atoms with Gasteiger partial charge in [0.15, 0.2) is 0 Å². The van der Waals surface area contributed by atoms with E-state index in [4.69, 9.17) is 5.11 Å². The molecule has 0 radical (unpaired) electrons. The van der Waals surface area contributed by atoms with Gasteiger partial charge in [0.2, 0.25) is 5.91 Å². The first kappa shape index (κ1) is 10.8. The zero-order valence-electron chi connectivity index (χ0n) is 9.72. The molecule has 1 aromatic heterocycles. The number of nitrogens with zero attached hydrogens (tertiary/aromatic N) is 2. The Morgan fingerprint density at radius 3 is 3.00 bits per heavy atom. The van der Waals surface area contributed by atoms with Gasteiger partial charge in [0.1, 0.15) is 5.82 Å². The van der Waals surface area contributed by atoms with Crippen LogP contribution in [0.1, 0.15) is 25.1 Å². The van der Waals surface area contributed by atoms with Crippen LogP contribution in [0.15, 0.2) is 12.4 Å². The van der Waals surface area contributed by atoms with Gasteiger partial charge in [-0.05, 0) is 24.7 Å². The molecule has 0 aliphatic heterocycles. The quantitative estimate of drug-likeness (QED) is 0.782. The molecule has 0 saturated heterocycles. The molecule has 1 aromatic rings. The third-order valence-corrected chi connectivity index (χ3v) is 3.96. The lowest BCUT2D eigenvalue weighted by Crippen LogP contribution is -2.35. The van der Waals surface area contributed by atoms with Crippen LogP contribution in [0.5, 0.6) is 0 Å². The van der Waals surface area contributed by atoms with Crippen molar-refractivity contribution in [2.24, 2.45) is 11.3 Å². The van der Waals surface area contributed by atoms with Crippen molar-refractivity contribution < 1.29 is 9.90 Å². The molecule has 2 fully saturated rings. The van der Waals surface area contributed by atoms with Crippen LogP contribution in [0, 0.1) is 11.3 Å². The van der Waals surface area contributed by atoms with Gasteiger partial charge < -0.3 is 15.0 Å². The number of carbonyl (C=O) groups excluding carboxylic acids is 1. The first-order valence-corrected chi connectivity index (χ1v) is 6.13. The van der Waals surface area contributed by atoms with Crippen molar-refractivity contribution in [2.45, 2.75) is 25.8 Å². The molecule has 1 spiro atoms. The lowest BCUT2D eigenvalue weighted by molar-refractivity contribution is -0.134. The van der Waals surface area contributed by atoms with Gasteiger partial charge in [0.25, 0.3) is 0 Å². The van der Waals surface area contributed by atoms with Gasteiger partial charge in [-0.15, -0.1) is 0 Å². The number of hydrogen-bond donors (Lipinski definition) is 2. The van der Waals surface area contributed by atoms with Crippen LogP contribution in [-0.4, -0.2) is 39.0 Å². The van der Waals surface area contributed by atoms with Crippen LogP contribution in [0.2, 0.25) is 0 Å². The van der Waals surface area contributed by atoms with Gasteiger partial charge in [0.05, 0.1) is 13.2 Å². The molecule has 2 saturated carbocycles. The fraction of sp³-hybridized carbons (Fsp3) is 0.667. The molecule has 2 aliphatic carbocycles. The van der Waals surface area contributed by atoms with Crippen LogP contribution in [0.3, 0.4) is 0 Å². The SMILES string of the molecule is O=C(C1CC12CC2)N(CCO)Cc1ncc[nH]1. The highest BCUT2D eigenvalue weighted by atomic mass is 16.3. The van der Waals surface area contributed by atoms with E-state index in [2.05, 4.69) is 9.97 Å². The van der Waals surface area contributed by atoms with E-state index in [1.807, 2.05) is 0 Å². The Morgan fingerprint density at radius 2 is 2.47 bits per heavy atom. The lowest BCUT2D eigenvalue weighted by Gasteiger charge is -2.20. The molecule has 0 bridgehead atoms. The van der Waals surface area contributed by atoms with Crippen molar-refractivity contribution in [1.82, 2.24) is 14.9 Å². The van der Waals surface area contributed by atoms with E-state index in [1.54, 1.807) is 17.3 Å². The number of hydrogen-bond acceptors (Lipinski definition) is 3. The van der Waals surface area contributed by atoms with Crippen LogP contribution in [0.25, 0.3) is 0 Å². The summed E-state index contributed by atoms with van der Waals surface area (Å²) in [5.41, 5.74) is 0.369. The molecule has 2 aliphatic rings. The van der Waals surface area contributed by atoms with E-state index in [0.29, 0.717) is 18.5 Å². The minimum absolute atomic E-state index is 0.00612. The van der Waals surface area contributed by atoms with E-state index in [1.165, 1.54) is 12.8 Å². The highest BCUT2D eigenvalue weighted by Crippen LogP contribution is 2.70. The first-order valence-electron chi connectivity index (χ1n) is 6.13.